The second-order valence-electron chi connectivity index (χ2n) is 4.03. The van der Waals surface area contributed by atoms with E-state index in [9.17, 15) is 4.79 Å². The van der Waals surface area contributed by atoms with Crippen molar-refractivity contribution in [3.05, 3.63) is 35.9 Å². The number of fused-ring (bicyclic) bond motifs is 1. The molecule has 0 aliphatic heterocycles. The summed E-state index contributed by atoms with van der Waals surface area (Å²) in [7, 11) is 0. The predicted octanol–water partition coefficient (Wildman–Crippen LogP) is 2.48. The Morgan fingerprint density at radius 1 is 1.40 bits per heavy atom. The Labute approximate surface area is 88.8 Å². The monoisotopic (exact) mass is 202 g/mol. The van der Waals surface area contributed by atoms with Crippen molar-refractivity contribution in [2.75, 3.05) is 0 Å². The van der Waals surface area contributed by atoms with Crippen molar-refractivity contribution in [3.63, 3.8) is 0 Å². The van der Waals surface area contributed by atoms with Gasteiger partial charge in [0.2, 0.25) is 0 Å². The number of carbonyl (C=O) groups is 1. The smallest absolute Gasteiger partial charge is 0.185 e. The molecule has 0 N–H and O–H groups in total. The lowest BCUT2D eigenvalue weighted by molar-refractivity contribution is 0.0936. The van der Waals surface area contributed by atoms with Crippen LogP contribution in [0.5, 0.6) is 0 Å². The second-order valence-corrected chi connectivity index (χ2v) is 4.03. The van der Waals surface area contributed by atoms with Crippen LogP contribution < -0.4 is 0 Å². The van der Waals surface area contributed by atoms with Gasteiger partial charge in [0.25, 0.3) is 0 Å². The van der Waals surface area contributed by atoms with Crippen molar-refractivity contribution in [2.45, 2.75) is 20.8 Å². The Hall–Kier alpha value is -1.64. The number of carbonyl (C=O) groups excluding carboxylic acids is 1. The van der Waals surface area contributed by atoms with Crippen molar-refractivity contribution < 1.29 is 4.79 Å². The van der Waals surface area contributed by atoms with Gasteiger partial charge in [-0.15, -0.1) is 0 Å². The maximum Gasteiger partial charge on any atom is 0.185 e. The quantitative estimate of drug-likeness (QED) is 0.701. The summed E-state index contributed by atoms with van der Waals surface area (Å²) >= 11 is 0. The van der Waals surface area contributed by atoms with Crippen molar-refractivity contribution in [1.29, 1.82) is 0 Å². The lowest BCUT2D eigenvalue weighted by Crippen LogP contribution is -2.08. The van der Waals surface area contributed by atoms with Gasteiger partial charge in [-0.25, -0.2) is 4.98 Å². The first-order valence-corrected chi connectivity index (χ1v) is 5.08. The first kappa shape index (κ1) is 9.90. The summed E-state index contributed by atoms with van der Waals surface area (Å²) in [6.07, 6.45) is 1.71. The van der Waals surface area contributed by atoms with Gasteiger partial charge >= 0.3 is 0 Å². The third-order valence-electron chi connectivity index (χ3n) is 2.53. The van der Waals surface area contributed by atoms with E-state index in [-0.39, 0.29) is 11.7 Å². The molecule has 0 aromatic carbocycles. The molecular weight excluding hydrogens is 188 g/mol. The zero-order valence-electron chi connectivity index (χ0n) is 9.19. The molecule has 0 fully saturated rings. The molecule has 0 aliphatic rings. The fourth-order valence-electron chi connectivity index (χ4n) is 1.62. The van der Waals surface area contributed by atoms with Crippen LogP contribution in [-0.2, 0) is 0 Å². The Balaban J connectivity index is 2.64. The number of pyridine rings is 1. The number of hydrogen-bond donors (Lipinski definition) is 0. The molecule has 2 aromatic rings. The van der Waals surface area contributed by atoms with Gasteiger partial charge in [-0.1, -0.05) is 19.9 Å². The van der Waals surface area contributed by atoms with E-state index < -0.39 is 0 Å². The first-order valence-electron chi connectivity index (χ1n) is 5.08. The lowest BCUT2D eigenvalue weighted by Gasteiger charge is -2.02. The zero-order valence-corrected chi connectivity index (χ0v) is 9.19. The van der Waals surface area contributed by atoms with Crippen molar-refractivity contribution in [2.24, 2.45) is 5.92 Å². The molecule has 0 radical (unpaired) electrons. The van der Waals surface area contributed by atoms with Gasteiger partial charge in [0.1, 0.15) is 12.0 Å². The standard InChI is InChI=1S/C12H14N2O/c1-8(2)12(15)11-10-6-4-5-9(3)14(10)7-13-11/h4-8H,1-3H3. The van der Waals surface area contributed by atoms with Crippen molar-refractivity contribution in [3.8, 4) is 0 Å². The summed E-state index contributed by atoms with van der Waals surface area (Å²) < 4.78 is 1.94. The SMILES string of the molecule is Cc1cccc2c(C(=O)C(C)C)ncn12. The van der Waals surface area contributed by atoms with Gasteiger partial charge in [0.05, 0.1) is 5.52 Å². The molecule has 0 atom stereocenters. The maximum absolute atomic E-state index is 11.9. The number of nitrogens with zero attached hydrogens (tertiary/aromatic N) is 2. The number of rotatable bonds is 2. The summed E-state index contributed by atoms with van der Waals surface area (Å²) in [6.45, 7) is 5.78. The number of hydrogen-bond acceptors (Lipinski definition) is 2. The lowest BCUT2D eigenvalue weighted by atomic mass is 10.1. The molecule has 0 aliphatic carbocycles. The molecule has 2 heterocycles. The molecule has 0 bridgehead atoms. The van der Waals surface area contributed by atoms with Crippen LogP contribution in [-0.4, -0.2) is 15.2 Å². The van der Waals surface area contributed by atoms with Crippen LogP contribution in [0.25, 0.3) is 5.52 Å². The number of imidazole rings is 1. The predicted molar refractivity (Wildman–Crippen MR) is 59.1 cm³/mol. The van der Waals surface area contributed by atoms with E-state index >= 15 is 0 Å². The van der Waals surface area contributed by atoms with E-state index in [4.69, 9.17) is 0 Å². The number of Topliss-reactive ketones (excluding diaryl/α,β-unsaturated/α-hetero) is 1. The highest BCUT2D eigenvalue weighted by molar-refractivity contribution is 6.01. The Kier molecular flexibility index (Phi) is 2.31. The number of aryl methyl sites for hydroxylation is 1. The molecule has 15 heavy (non-hydrogen) atoms. The van der Waals surface area contributed by atoms with Crippen LogP contribution in [0.3, 0.4) is 0 Å². The van der Waals surface area contributed by atoms with Crippen molar-refractivity contribution >= 4 is 11.3 Å². The summed E-state index contributed by atoms with van der Waals surface area (Å²) in [4.78, 5) is 16.0. The van der Waals surface area contributed by atoms with E-state index in [1.165, 1.54) is 0 Å². The van der Waals surface area contributed by atoms with Gasteiger partial charge in [-0.2, -0.15) is 0 Å². The van der Waals surface area contributed by atoms with E-state index in [0.717, 1.165) is 11.2 Å². The Morgan fingerprint density at radius 2 is 2.13 bits per heavy atom. The largest absolute Gasteiger partial charge is 0.303 e. The van der Waals surface area contributed by atoms with E-state index in [2.05, 4.69) is 4.98 Å². The topological polar surface area (TPSA) is 34.4 Å². The summed E-state index contributed by atoms with van der Waals surface area (Å²) in [5, 5.41) is 0. The van der Waals surface area contributed by atoms with Gasteiger partial charge < -0.3 is 4.40 Å². The summed E-state index contributed by atoms with van der Waals surface area (Å²) in [5.74, 6) is 0.0901. The third kappa shape index (κ3) is 1.54. The van der Waals surface area contributed by atoms with Gasteiger partial charge in [0, 0.05) is 11.6 Å². The third-order valence-corrected chi connectivity index (χ3v) is 2.53. The average molecular weight is 202 g/mol. The molecule has 3 heteroatoms. The maximum atomic E-state index is 11.9. The van der Waals surface area contributed by atoms with Crippen LogP contribution in [0.15, 0.2) is 24.5 Å². The minimum absolute atomic E-state index is 0.00999. The van der Waals surface area contributed by atoms with Crippen LogP contribution >= 0.6 is 0 Å². The molecule has 0 spiro atoms. The Morgan fingerprint density at radius 3 is 2.80 bits per heavy atom. The molecule has 3 nitrogen and oxygen atoms in total. The highest BCUT2D eigenvalue weighted by atomic mass is 16.1. The molecule has 0 saturated carbocycles. The van der Waals surface area contributed by atoms with E-state index in [1.54, 1.807) is 6.33 Å². The van der Waals surface area contributed by atoms with E-state index in [1.807, 2.05) is 43.4 Å². The molecular formula is C12H14N2O. The molecule has 0 unspecified atom stereocenters. The fourth-order valence-corrected chi connectivity index (χ4v) is 1.62. The normalized spacial score (nSPS) is 11.2. The van der Waals surface area contributed by atoms with Gasteiger partial charge in [-0.05, 0) is 19.1 Å². The highest BCUT2D eigenvalue weighted by Crippen LogP contribution is 2.15. The number of ketones is 1. The molecule has 0 amide bonds. The average Bonchev–Trinajstić information content (AvgIpc) is 2.61. The second kappa shape index (κ2) is 3.50. The summed E-state index contributed by atoms with van der Waals surface area (Å²) in [5.41, 5.74) is 2.56. The minimum Gasteiger partial charge on any atom is -0.303 e. The first-order chi connectivity index (χ1) is 7.11. The molecule has 78 valence electrons. The molecule has 2 aromatic heterocycles. The van der Waals surface area contributed by atoms with Gasteiger partial charge in [0.15, 0.2) is 5.78 Å². The van der Waals surface area contributed by atoms with Gasteiger partial charge in [-0.3, -0.25) is 4.79 Å². The van der Waals surface area contributed by atoms with Crippen LogP contribution in [0.2, 0.25) is 0 Å². The van der Waals surface area contributed by atoms with E-state index in [0.29, 0.717) is 5.69 Å². The van der Waals surface area contributed by atoms with Crippen LogP contribution in [0.1, 0.15) is 30.0 Å². The molecule has 0 saturated heterocycles. The summed E-state index contributed by atoms with van der Waals surface area (Å²) in [6, 6.07) is 5.87. The fraction of sp³-hybridized carbons (Fsp3) is 0.333. The molecule has 2 rings (SSSR count). The van der Waals surface area contributed by atoms with Crippen LogP contribution in [0.4, 0.5) is 0 Å². The highest BCUT2D eigenvalue weighted by Gasteiger charge is 2.16. The van der Waals surface area contributed by atoms with Crippen molar-refractivity contribution in [1.82, 2.24) is 9.38 Å². The van der Waals surface area contributed by atoms with Crippen LogP contribution in [0, 0.1) is 12.8 Å². The zero-order chi connectivity index (χ0) is 11.0. The number of aromatic nitrogens is 2. The Bertz CT molecular complexity index is 511. The minimum atomic E-state index is -0.00999.